The highest BCUT2D eigenvalue weighted by molar-refractivity contribution is 7.92. The number of sulfonamides is 1. The van der Waals surface area contributed by atoms with Gasteiger partial charge < -0.3 is 4.74 Å². The van der Waals surface area contributed by atoms with Gasteiger partial charge in [0.15, 0.2) is 9.84 Å². The number of hydrogen-bond acceptors (Lipinski definition) is 7. The second-order valence-corrected chi connectivity index (χ2v) is 12.6. The molecule has 1 aromatic heterocycles. The number of pyridine rings is 1. The number of sulfone groups is 1. The maximum absolute atomic E-state index is 13.6. The van der Waals surface area contributed by atoms with Gasteiger partial charge >= 0.3 is 6.18 Å². The number of benzene rings is 2. The Morgan fingerprint density at radius 2 is 1.66 bits per heavy atom. The topological polar surface area (TPSA) is 111 Å². The summed E-state index contributed by atoms with van der Waals surface area (Å²) in [5.74, 6) is -0.968. The fraction of sp³-hybridized carbons (Fsp3) is 0.217. The molecule has 0 aliphatic carbocycles. The van der Waals surface area contributed by atoms with Crippen molar-refractivity contribution in [1.82, 2.24) is 4.98 Å². The molecule has 0 N–H and O–H groups in total. The highest BCUT2D eigenvalue weighted by Crippen LogP contribution is 2.38. The number of nitrogens with zero attached hydrogens (tertiary/aromatic N) is 2. The average molecular weight is 611 g/mol. The number of aromatic nitrogens is 1. The number of halogens is 5. The van der Waals surface area contributed by atoms with Gasteiger partial charge in [-0.1, -0.05) is 35.3 Å². The van der Waals surface area contributed by atoms with Crippen LogP contribution >= 0.6 is 23.2 Å². The van der Waals surface area contributed by atoms with Crippen molar-refractivity contribution in [3.8, 4) is 0 Å². The molecule has 0 saturated carbocycles. The Balaban J connectivity index is 2.30. The molecule has 0 saturated heterocycles. The molecule has 0 aliphatic rings. The van der Waals surface area contributed by atoms with Crippen LogP contribution in [0.5, 0.6) is 0 Å². The molecule has 0 atom stereocenters. The lowest BCUT2D eigenvalue weighted by atomic mass is 10.1. The van der Waals surface area contributed by atoms with E-state index >= 15 is 0 Å². The Labute approximate surface area is 226 Å². The molecule has 1 heterocycles. The number of anilines is 1. The Morgan fingerprint density at radius 3 is 2.24 bits per heavy atom. The van der Waals surface area contributed by atoms with Crippen LogP contribution in [-0.4, -0.2) is 47.7 Å². The second-order valence-electron chi connectivity index (χ2n) is 7.93. The summed E-state index contributed by atoms with van der Waals surface area (Å²) >= 11 is 11.8. The smallest absolute Gasteiger partial charge is 0.363 e. The highest BCUT2D eigenvalue weighted by atomic mass is 35.5. The Morgan fingerprint density at radius 1 is 1.03 bits per heavy atom. The van der Waals surface area contributed by atoms with E-state index in [1.54, 1.807) is 0 Å². The Hall–Kier alpha value is -2.71. The van der Waals surface area contributed by atoms with Gasteiger partial charge in [-0.2, -0.15) is 13.2 Å². The van der Waals surface area contributed by atoms with Crippen molar-refractivity contribution in [3.63, 3.8) is 0 Å². The van der Waals surface area contributed by atoms with E-state index in [4.69, 9.17) is 27.9 Å². The van der Waals surface area contributed by atoms with Crippen LogP contribution in [0.1, 0.15) is 27.3 Å². The summed E-state index contributed by atoms with van der Waals surface area (Å²) in [5, 5.41) is -0.792. The summed E-state index contributed by atoms with van der Waals surface area (Å²) in [6, 6.07) is 8.28. The number of hydrogen-bond donors (Lipinski definition) is 0. The lowest BCUT2D eigenvalue weighted by Crippen LogP contribution is -2.35. The number of aryl methyl sites for hydroxylation is 1. The SMILES string of the molecule is COCN(c1cc(Cl)c(C)nc1C(=O)c1ccccc1S(C)(=O)=O)S(=O)(=O)c1ccc(Cl)c(C(F)(F)F)c1. The molecule has 38 heavy (non-hydrogen) atoms. The minimum atomic E-state index is -4.96. The lowest BCUT2D eigenvalue weighted by molar-refractivity contribution is -0.137. The molecule has 0 unspecified atom stereocenters. The number of rotatable bonds is 8. The van der Waals surface area contributed by atoms with E-state index in [0.717, 1.165) is 31.6 Å². The first-order chi connectivity index (χ1) is 17.5. The van der Waals surface area contributed by atoms with Crippen LogP contribution in [0.3, 0.4) is 0 Å². The standard InChI is InChI=1S/C23H19Cl2F3N2O6S2/c1-13-18(25)11-19(21(29-13)22(31)15-6-4-5-7-20(15)37(3,32)33)30(12-36-2)38(34,35)14-8-9-17(24)16(10-14)23(26,27)28/h4-11H,12H2,1-3H3. The number of methoxy groups -OCH3 is 1. The van der Waals surface area contributed by atoms with Gasteiger partial charge in [0.2, 0.25) is 5.78 Å². The largest absolute Gasteiger partial charge is 0.417 e. The van der Waals surface area contributed by atoms with Crippen molar-refractivity contribution in [2.24, 2.45) is 0 Å². The van der Waals surface area contributed by atoms with E-state index < -0.39 is 65.4 Å². The number of ether oxygens (including phenoxy) is 1. The minimum Gasteiger partial charge on any atom is -0.363 e. The van der Waals surface area contributed by atoms with E-state index in [2.05, 4.69) is 4.98 Å². The van der Waals surface area contributed by atoms with E-state index in [-0.39, 0.29) is 21.2 Å². The van der Waals surface area contributed by atoms with Gasteiger partial charge in [-0.05, 0) is 43.3 Å². The molecule has 0 aliphatic heterocycles. The molecule has 15 heteroatoms. The predicted octanol–water partition coefficient (Wildman–Crippen LogP) is 5.15. The zero-order valence-corrected chi connectivity index (χ0v) is 23.0. The number of alkyl halides is 3. The molecule has 2 aromatic carbocycles. The van der Waals surface area contributed by atoms with Crippen molar-refractivity contribution in [1.29, 1.82) is 0 Å². The summed E-state index contributed by atoms with van der Waals surface area (Å²) in [5.41, 5.74) is -2.55. The van der Waals surface area contributed by atoms with E-state index in [0.29, 0.717) is 10.4 Å². The van der Waals surface area contributed by atoms with Crippen LogP contribution in [-0.2, 0) is 30.8 Å². The molecule has 0 amide bonds. The fourth-order valence-electron chi connectivity index (χ4n) is 3.43. The minimum absolute atomic E-state index is 0.0728. The van der Waals surface area contributed by atoms with Crippen LogP contribution in [0, 0.1) is 6.92 Å². The summed E-state index contributed by atoms with van der Waals surface area (Å²) < 4.78 is 97.6. The van der Waals surface area contributed by atoms with Gasteiger partial charge in [0.1, 0.15) is 12.4 Å². The number of ketones is 1. The lowest BCUT2D eigenvalue weighted by Gasteiger charge is -2.26. The molecule has 0 fully saturated rings. The maximum Gasteiger partial charge on any atom is 0.417 e. The van der Waals surface area contributed by atoms with E-state index in [9.17, 15) is 34.8 Å². The summed E-state index contributed by atoms with van der Waals surface area (Å²) in [6.07, 6.45) is -4.07. The Kier molecular flexibility index (Phi) is 8.49. The first kappa shape index (κ1) is 29.8. The van der Waals surface area contributed by atoms with Gasteiger partial charge in [-0.25, -0.2) is 26.1 Å². The third kappa shape index (κ3) is 5.96. The highest BCUT2D eigenvalue weighted by Gasteiger charge is 2.37. The second kappa shape index (κ2) is 10.8. The summed E-state index contributed by atoms with van der Waals surface area (Å²) in [6.45, 7) is 0.663. The van der Waals surface area contributed by atoms with Crippen LogP contribution in [0.15, 0.2) is 58.3 Å². The zero-order valence-electron chi connectivity index (χ0n) is 19.9. The van der Waals surface area contributed by atoms with Crippen molar-refractivity contribution in [2.75, 3.05) is 24.4 Å². The Bertz CT molecular complexity index is 1630. The van der Waals surface area contributed by atoms with Crippen LogP contribution in [0.4, 0.5) is 18.9 Å². The van der Waals surface area contributed by atoms with Gasteiger partial charge in [-0.3, -0.25) is 4.79 Å². The van der Waals surface area contributed by atoms with Crippen molar-refractivity contribution < 1.29 is 39.5 Å². The predicted molar refractivity (Wildman–Crippen MR) is 135 cm³/mol. The van der Waals surface area contributed by atoms with Crippen LogP contribution in [0.2, 0.25) is 10.0 Å². The number of carbonyl (C=O) groups excluding carboxylic acids is 1. The fourth-order valence-corrected chi connectivity index (χ4v) is 6.09. The van der Waals surface area contributed by atoms with Crippen molar-refractivity contribution in [3.05, 3.63) is 81.1 Å². The van der Waals surface area contributed by atoms with E-state index in [1.165, 1.54) is 31.2 Å². The maximum atomic E-state index is 13.6. The van der Waals surface area contributed by atoms with Crippen molar-refractivity contribution in [2.45, 2.75) is 22.9 Å². The molecule has 0 radical (unpaired) electrons. The first-order valence-electron chi connectivity index (χ1n) is 10.4. The number of carbonyl (C=O) groups is 1. The molecule has 0 spiro atoms. The molecule has 8 nitrogen and oxygen atoms in total. The summed E-state index contributed by atoms with van der Waals surface area (Å²) in [4.78, 5) is 16.6. The van der Waals surface area contributed by atoms with Gasteiger partial charge in [0.25, 0.3) is 10.0 Å². The third-order valence-electron chi connectivity index (χ3n) is 5.22. The van der Waals surface area contributed by atoms with Crippen LogP contribution in [0.25, 0.3) is 0 Å². The molecular formula is C23H19Cl2F3N2O6S2. The average Bonchev–Trinajstić information content (AvgIpc) is 2.82. The van der Waals surface area contributed by atoms with Gasteiger partial charge in [-0.15, -0.1) is 0 Å². The first-order valence-corrected chi connectivity index (χ1v) is 14.5. The van der Waals surface area contributed by atoms with Gasteiger partial charge in [0.05, 0.1) is 36.8 Å². The molecule has 3 rings (SSSR count). The monoisotopic (exact) mass is 610 g/mol. The normalized spacial score (nSPS) is 12.4. The molecular weight excluding hydrogens is 592 g/mol. The van der Waals surface area contributed by atoms with Gasteiger partial charge in [0, 0.05) is 18.9 Å². The molecule has 204 valence electrons. The van der Waals surface area contributed by atoms with Crippen LogP contribution < -0.4 is 4.31 Å². The quantitative estimate of drug-likeness (QED) is 0.256. The third-order valence-corrected chi connectivity index (χ3v) is 8.82. The molecule has 0 bridgehead atoms. The van der Waals surface area contributed by atoms with Crippen molar-refractivity contribution >= 4 is 54.5 Å². The zero-order chi connectivity index (χ0) is 28.6. The molecule has 3 aromatic rings. The summed E-state index contributed by atoms with van der Waals surface area (Å²) in [7, 11) is -7.61. The van der Waals surface area contributed by atoms with E-state index in [1.807, 2.05) is 0 Å².